The van der Waals surface area contributed by atoms with Crippen LogP contribution in [0.2, 0.25) is 0 Å². The van der Waals surface area contributed by atoms with Crippen molar-refractivity contribution in [1.29, 1.82) is 0 Å². The molecule has 0 N–H and O–H groups in total. The third kappa shape index (κ3) is 3.19. The molecule has 0 radical (unpaired) electrons. The first-order chi connectivity index (χ1) is 8.44. The minimum Gasteiger partial charge on any atom is -0.445 e. The molecule has 1 aromatic rings. The van der Waals surface area contributed by atoms with Crippen LogP contribution in [0.4, 0.5) is 0 Å². The van der Waals surface area contributed by atoms with E-state index in [1.807, 2.05) is 19.1 Å². The summed E-state index contributed by atoms with van der Waals surface area (Å²) in [6.07, 6.45) is 0. The van der Waals surface area contributed by atoms with Gasteiger partial charge in [-0.15, -0.1) is 0 Å². The van der Waals surface area contributed by atoms with Crippen molar-refractivity contribution < 1.29 is 23.1 Å². The highest BCUT2D eigenvalue weighted by Crippen LogP contribution is 2.60. The molecule has 18 heavy (non-hydrogen) atoms. The summed E-state index contributed by atoms with van der Waals surface area (Å²) in [6, 6.07) is 7.18. The molecule has 0 fully saturated rings. The van der Waals surface area contributed by atoms with Crippen LogP contribution < -0.4 is 0 Å². The molecule has 0 heterocycles. The minimum atomic E-state index is -3.54. The molecule has 5 nitrogen and oxygen atoms in total. The normalized spacial score (nSPS) is 13.1. The summed E-state index contributed by atoms with van der Waals surface area (Å²) < 4.78 is 27.4. The lowest BCUT2D eigenvalue weighted by atomic mass is 10.1. The molecule has 1 aromatic carbocycles. The summed E-state index contributed by atoms with van der Waals surface area (Å²) in [5, 5.41) is 0. The number of rotatable bonds is 5. The van der Waals surface area contributed by atoms with Gasteiger partial charge in [-0.1, -0.05) is 24.3 Å². The van der Waals surface area contributed by atoms with E-state index in [4.69, 9.17) is 13.8 Å². The maximum Gasteiger partial charge on any atom is 0.375 e. The fraction of sp³-hybridized carbons (Fsp3) is 0.417. The second-order valence-corrected chi connectivity index (χ2v) is 6.00. The van der Waals surface area contributed by atoms with Crippen LogP contribution in [0.15, 0.2) is 24.3 Å². The van der Waals surface area contributed by atoms with Gasteiger partial charge in [0.15, 0.2) is 0 Å². The van der Waals surface area contributed by atoms with E-state index in [1.165, 1.54) is 21.1 Å². The van der Waals surface area contributed by atoms with Gasteiger partial charge in [0.05, 0.1) is 0 Å². The van der Waals surface area contributed by atoms with Gasteiger partial charge in [0.1, 0.15) is 0 Å². The molecule has 0 bridgehead atoms. The third-order valence-electron chi connectivity index (χ3n) is 2.53. The number of hydrogen-bond donors (Lipinski definition) is 0. The topological polar surface area (TPSA) is 61.8 Å². The molecule has 1 rings (SSSR count). The predicted octanol–water partition coefficient (Wildman–Crippen LogP) is 3.04. The lowest BCUT2D eigenvalue weighted by molar-refractivity contribution is -0.143. The van der Waals surface area contributed by atoms with Crippen molar-refractivity contribution in [3.05, 3.63) is 35.4 Å². The highest BCUT2D eigenvalue weighted by Gasteiger charge is 2.39. The van der Waals surface area contributed by atoms with E-state index in [0.29, 0.717) is 5.56 Å². The predicted molar refractivity (Wildman–Crippen MR) is 67.3 cm³/mol. The zero-order chi connectivity index (χ0) is 13.8. The molecule has 100 valence electrons. The van der Waals surface area contributed by atoms with E-state index in [2.05, 4.69) is 0 Å². The smallest absolute Gasteiger partial charge is 0.375 e. The molecule has 0 amide bonds. The Kier molecular flexibility index (Phi) is 5.08. The fourth-order valence-electron chi connectivity index (χ4n) is 1.59. The van der Waals surface area contributed by atoms with E-state index in [-0.39, 0.29) is 0 Å². The van der Waals surface area contributed by atoms with Crippen molar-refractivity contribution in [3.63, 3.8) is 0 Å². The molecule has 0 spiro atoms. The summed E-state index contributed by atoms with van der Waals surface area (Å²) in [5.41, 5.74) is 1.46. The number of aryl methyl sites for hydroxylation is 1. The van der Waals surface area contributed by atoms with Gasteiger partial charge in [0.25, 0.3) is 0 Å². The Morgan fingerprint density at radius 1 is 1.22 bits per heavy atom. The Bertz CT molecular complexity index is 463. The average molecular weight is 272 g/mol. The number of esters is 1. The van der Waals surface area contributed by atoms with E-state index >= 15 is 0 Å². The minimum absolute atomic E-state index is 0.544. The molecule has 0 aliphatic rings. The summed E-state index contributed by atoms with van der Waals surface area (Å²) in [4.78, 5) is 11.2. The van der Waals surface area contributed by atoms with Crippen LogP contribution in [-0.2, 0) is 23.1 Å². The number of ether oxygens (including phenoxy) is 1. The van der Waals surface area contributed by atoms with Crippen molar-refractivity contribution in [1.82, 2.24) is 0 Å². The second-order valence-electron chi connectivity index (χ2n) is 3.72. The van der Waals surface area contributed by atoms with Gasteiger partial charge >= 0.3 is 13.6 Å². The first-order valence-corrected chi connectivity index (χ1v) is 6.99. The number of benzene rings is 1. The first kappa shape index (κ1) is 14.9. The van der Waals surface area contributed by atoms with Gasteiger partial charge in [-0.05, 0) is 12.5 Å². The SMILES string of the molecule is COP(=O)(OC)[C@H](OC(C)=O)c1ccccc1C. The number of carbonyl (C=O) groups excluding carboxylic acids is 1. The lowest BCUT2D eigenvalue weighted by Crippen LogP contribution is -2.12. The zero-order valence-electron chi connectivity index (χ0n) is 10.9. The molecule has 0 saturated carbocycles. The molecule has 6 heteroatoms. The van der Waals surface area contributed by atoms with Gasteiger partial charge < -0.3 is 13.8 Å². The summed E-state index contributed by atoms with van der Waals surface area (Å²) >= 11 is 0. The molecule has 0 saturated heterocycles. The van der Waals surface area contributed by atoms with Crippen LogP contribution in [0.25, 0.3) is 0 Å². The van der Waals surface area contributed by atoms with Gasteiger partial charge in [-0.25, -0.2) is 0 Å². The van der Waals surface area contributed by atoms with Crippen molar-refractivity contribution in [2.45, 2.75) is 19.7 Å². The molecular formula is C12H17O5P. The van der Waals surface area contributed by atoms with Crippen LogP contribution in [0, 0.1) is 6.92 Å². The summed E-state index contributed by atoms with van der Waals surface area (Å²) in [6.45, 7) is 3.09. The molecule has 1 atom stereocenters. The number of carbonyl (C=O) groups is 1. The lowest BCUT2D eigenvalue weighted by Gasteiger charge is -2.25. The summed E-state index contributed by atoms with van der Waals surface area (Å²) in [5.74, 6) is -1.59. The Labute approximate surface area is 107 Å². The largest absolute Gasteiger partial charge is 0.445 e. The van der Waals surface area contributed by atoms with Crippen molar-refractivity contribution in [2.75, 3.05) is 14.2 Å². The first-order valence-electron chi connectivity index (χ1n) is 5.38. The van der Waals surface area contributed by atoms with E-state index in [0.717, 1.165) is 5.56 Å². The molecule has 0 aromatic heterocycles. The number of hydrogen-bond acceptors (Lipinski definition) is 5. The standard InChI is InChI=1S/C12H17O5P/c1-9-7-5-6-8-11(9)12(17-10(2)13)18(14,15-3)16-4/h5-8,12H,1-4H3/t12-/m0/s1. The Morgan fingerprint density at radius 2 is 1.78 bits per heavy atom. The van der Waals surface area contributed by atoms with Crippen LogP contribution >= 0.6 is 7.60 Å². The van der Waals surface area contributed by atoms with E-state index in [1.54, 1.807) is 12.1 Å². The highest BCUT2D eigenvalue weighted by atomic mass is 31.2. The van der Waals surface area contributed by atoms with Crippen LogP contribution in [-0.4, -0.2) is 20.2 Å². The van der Waals surface area contributed by atoms with E-state index in [9.17, 15) is 9.36 Å². The van der Waals surface area contributed by atoms with Crippen LogP contribution in [0.5, 0.6) is 0 Å². The van der Waals surface area contributed by atoms with Gasteiger partial charge in [0, 0.05) is 26.7 Å². The molecule has 0 aliphatic carbocycles. The molecule has 0 unspecified atom stereocenters. The quantitative estimate of drug-likeness (QED) is 0.609. The van der Waals surface area contributed by atoms with E-state index < -0.39 is 19.4 Å². The van der Waals surface area contributed by atoms with Gasteiger partial charge in [0.2, 0.25) is 5.85 Å². The second kappa shape index (κ2) is 6.14. The Hall–Kier alpha value is -1.16. The average Bonchev–Trinajstić information content (AvgIpc) is 2.36. The zero-order valence-corrected chi connectivity index (χ0v) is 11.8. The molecular weight excluding hydrogens is 255 g/mol. The fourth-order valence-corrected chi connectivity index (χ4v) is 3.03. The van der Waals surface area contributed by atoms with Crippen LogP contribution in [0.3, 0.4) is 0 Å². The maximum atomic E-state index is 12.4. The maximum absolute atomic E-state index is 12.4. The summed E-state index contributed by atoms with van der Waals surface area (Å²) in [7, 11) is -1.01. The van der Waals surface area contributed by atoms with Crippen molar-refractivity contribution in [3.8, 4) is 0 Å². The van der Waals surface area contributed by atoms with Crippen molar-refractivity contribution in [2.24, 2.45) is 0 Å². The Morgan fingerprint density at radius 3 is 2.22 bits per heavy atom. The third-order valence-corrected chi connectivity index (χ3v) is 4.50. The molecule has 0 aliphatic heterocycles. The van der Waals surface area contributed by atoms with Crippen molar-refractivity contribution >= 4 is 13.6 Å². The van der Waals surface area contributed by atoms with Crippen LogP contribution in [0.1, 0.15) is 23.9 Å². The van der Waals surface area contributed by atoms with Gasteiger partial charge in [-0.3, -0.25) is 9.36 Å². The monoisotopic (exact) mass is 272 g/mol. The van der Waals surface area contributed by atoms with Gasteiger partial charge in [-0.2, -0.15) is 0 Å². The Balaban J connectivity index is 3.26. The highest BCUT2D eigenvalue weighted by molar-refractivity contribution is 7.54.